The Balaban J connectivity index is 1.14. The van der Waals surface area contributed by atoms with Crippen LogP contribution in [-0.2, 0) is 35.6 Å². The van der Waals surface area contributed by atoms with E-state index < -0.39 is 67.7 Å². The molecule has 6 aliphatic rings. The lowest BCUT2D eigenvalue weighted by Crippen LogP contribution is -2.58. The van der Waals surface area contributed by atoms with Crippen LogP contribution < -0.4 is 24.8 Å². The minimum absolute atomic E-state index is 0.0720. The van der Waals surface area contributed by atoms with Crippen molar-refractivity contribution >= 4 is 44.7 Å². The van der Waals surface area contributed by atoms with Gasteiger partial charge in [-0.2, -0.15) is 0 Å². The molecule has 8 rings (SSSR count). The highest BCUT2D eigenvalue weighted by Gasteiger charge is 2.64. The summed E-state index contributed by atoms with van der Waals surface area (Å²) in [5.41, 5.74) is 0.271. The Labute approximate surface area is 327 Å². The van der Waals surface area contributed by atoms with Gasteiger partial charge in [0.2, 0.25) is 21.8 Å². The number of sulfonamides is 1. The molecule has 0 bridgehead atoms. The number of fused-ring (bicyclic) bond motifs is 5. The summed E-state index contributed by atoms with van der Waals surface area (Å²) in [6, 6.07) is 3.79. The SMILES string of the molecule is COc1ccc2c3c(c(C4CC4)nc2c1)O[C@]1(CC3)C[C@H]2C(=O)N[C@]3(C(=O)NS(=O)(=O)C4(C)CC4)C[C@H]3/C=C\CCCC[C@H](NC(=O)OCC(C)C)C(=O)N2C1. The number of carbonyl (C=O) groups is 4. The highest BCUT2D eigenvalue weighted by molar-refractivity contribution is 7.91. The molecule has 14 nitrogen and oxygen atoms in total. The number of hydrogen-bond acceptors (Lipinski definition) is 10. The first-order valence-electron chi connectivity index (χ1n) is 20.2. The van der Waals surface area contributed by atoms with Gasteiger partial charge >= 0.3 is 6.09 Å². The Hall–Kier alpha value is -4.40. The van der Waals surface area contributed by atoms with Gasteiger partial charge in [0, 0.05) is 35.3 Å². The van der Waals surface area contributed by atoms with Gasteiger partial charge in [-0.05, 0) is 89.2 Å². The predicted octanol–water partition coefficient (Wildman–Crippen LogP) is 4.54. The normalized spacial score (nSPS) is 30.2. The number of hydrogen-bond donors (Lipinski definition) is 3. The molecule has 3 aliphatic heterocycles. The van der Waals surface area contributed by atoms with E-state index >= 15 is 0 Å². The number of pyridine rings is 1. The van der Waals surface area contributed by atoms with Crippen molar-refractivity contribution in [3.8, 4) is 11.5 Å². The van der Waals surface area contributed by atoms with Gasteiger partial charge in [0.15, 0.2) is 0 Å². The van der Waals surface area contributed by atoms with Gasteiger partial charge in [-0.1, -0.05) is 32.4 Å². The van der Waals surface area contributed by atoms with E-state index in [0.717, 1.165) is 35.0 Å². The maximum absolute atomic E-state index is 14.7. The Bertz CT molecular complexity index is 2100. The zero-order chi connectivity index (χ0) is 39.6. The summed E-state index contributed by atoms with van der Waals surface area (Å²) >= 11 is 0. The van der Waals surface area contributed by atoms with E-state index in [0.29, 0.717) is 62.9 Å². The molecule has 4 heterocycles. The first-order chi connectivity index (χ1) is 26.7. The quantitative estimate of drug-likeness (QED) is 0.321. The lowest BCUT2D eigenvalue weighted by molar-refractivity contribution is -0.141. The van der Waals surface area contributed by atoms with Gasteiger partial charge < -0.3 is 29.7 Å². The van der Waals surface area contributed by atoms with Crippen LogP contribution in [0.15, 0.2) is 30.4 Å². The first-order valence-corrected chi connectivity index (χ1v) is 21.6. The van der Waals surface area contributed by atoms with Crippen LogP contribution in [0.1, 0.15) is 109 Å². The Morgan fingerprint density at radius 1 is 1.11 bits per heavy atom. The molecule has 56 heavy (non-hydrogen) atoms. The molecule has 302 valence electrons. The van der Waals surface area contributed by atoms with E-state index in [4.69, 9.17) is 19.2 Å². The third-order valence-corrected chi connectivity index (χ3v) is 14.8. The Morgan fingerprint density at radius 2 is 1.89 bits per heavy atom. The van der Waals surface area contributed by atoms with Gasteiger partial charge in [0.25, 0.3) is 5.91 Å². The summed E-state index contributed by atoms with van der Waals surface area (Å²) in [4.78, 5) is 62.9. The van der Waals surface area contributed by atoms with Crippen LogP contribution >= 0.6 is 0 Å². The van der Waals surface area contributed by atoms with Crippen LogP contribution in [0.2, 0.25) is 0 Å². The van der Waals surface area contributed by atoms with Crippen molar-refractivity contribution in [3.63, 3.8) is 0 Å². The maximum Gasteiger partial charge on any atom is 0.407 e. The molecular formula is C41H53N5O9S. The minimum atomic E-state index is -3.98. The number of methoxy groups -OCH3 is 1. The summed E-state index contributed by atoms with van der Waals surface area (Å²) < 4.78 is 45.7. The molecule has 4 amide bonds. The van der Waals surface area contributed by atoms with Crippen molar-refractivity contribution in [1.29, 1.82) is 0 Å². The summed E-state index contributed by atoms with van der Waals surface area (Å²) in [7, 11) is -2.36. The Kier molecular flexibility index (Phi) is 9.76. The van der Waals surface area contributed by atoms with E-state index in [1.165, 1.54) is 4.90 Å². The van der Waals surface area contributed by atoms with Gasteiger partial charge in [-0.25, -0.2) is 18.2 Å². The molecule has 3 saturated carbocycles. The van der Waals surface area contributed by atoms with E-state index in [1.54, 1.807) is 14.0 Å². The summed E-state index contributed by atoms with van der Waals surface area (Å²) in [5.74, 6) is -0.461. The molecule has 3 aliphatic carbocycles. The third-order valence-electron chi connectivity index (χ3n) is 12.6. The van der Waals surface area contributed by atoms with E-state index in [1.807, 2.05) is 44.2 Å². The Morgan fingerprint density at radius 3 is 2.61 bits per heavy atom. The molecule has 0 radical (unpaired) electrons. The summed E-state index contributed by atoms with van der Waals surface area (Å²) in [6.45, 7) is 5.70. The molecular weight excluding hydrogens is 739 g/mol. The van der Waals surface area contributed by atoms with Crippen LogP contribution in [-0.4, -0.2) is 90.3 Å². The minimum Gasteiger partial charge on any atom is -0.497 e. The van der Waals surface area contributed by atoms with Crippen LogP contribution in [0.5, 0.6) is 11.5 Å². The van der Waals surface area contributed by atoms with E-state index in [-0.39, 0.29) is 37.8 Å². The van der Waals surface area contributed by atoms with Gasteiger partial charge in [-0.15, -0.1) is 0 Å². The number of rotatable bonds is 8. The number of aryl methyl sites for hydroxylation is 1. The van der Waals surface area contributed by atoms with Crippen LogP contribution in [0, 0.1) is 11.8 Å². The van der Waals surface area contributed by atoms with Crippen molar-refractivity contribution < 1.29 is 41.8 Å². The smallest absolute Gasteiger partial charge is 0.407 e. The highest BCUT2D eigenvalue weighted by Crippen LogP contribution is 2.52. The number of benzene rings is 1. The van der Waals surface area contributed by atoms with Crippen molar-refractivity contribution in [1.82, 2.24) is 25.2 Å². The summed E-state index contributed by atoms with van der Waals surface area (Å²) in [5, 5.41) is 6.72. The van der Waals surface area contributed by atoms with Crippen molar-refractivity contribution in [2.75, 3.05) is 20.3 Å². The molecule has 15 heteroatoms. The van der Waals surface area contributed by atoms with Crippen molar-refractivity contribution in [2.45, 2.75) is 132 Å². The van der Waals surface area contributed by atoms with E-state index in [2.05, 4.69) is 15.4 Å². The zero-order valence-electron chi connectivity index (χ0n) is 32.6. The van der Waals surface area contributed by atoms with Crippen molar-refractivity contribution in [3.05, 3.63) is 41.6 Å². The second kappa shape index (κ2) is 14.2. The second-order valence-corrected chi connectivity index (χ2v) is 19.7. The maximum atomic E-state index is 14.7. The van der Waals surface area contributed by atoms with Crippen LogP contribution in [0.3, 0.4) is 0 Å². The largest absolute Gasteiger partial charge is 0.497 e. The number of amides is 4. The second-order valence-electron chi connectivity index (χ2n) is 17.5. The van der Waals surface area contributed by atoms with E-state index in [9.17, 15) is 27.6 Å². The number of carbonyl (C=O) groups excluding carboxylic acids is 4. The van der Waals surface area contributed by atoms with Crippen LogP contribution in [0.4, 0.5) is 4.79 Å². The van der Waals surface area contributed by atoms with Crippen LogP contribution in [0.25, 0.3) is 10.9 Å². The highest BCUT2D eigenvalue weighted by atomic mass is 32.2. The molecule has 4 fully saturated rings. The lowest BCUT2D eigenvalue weighted by atomic mass is 9.86. The molecule has 1 aromatic carbocycles. The number of nitrogens with one attached hydrogen (secondary N) is 3. The molecule has 1 saturated heterocycles. The molecule has 0 unspecified atom stereocenters. The number of allylic oxidation sites excluding steroid dienone is 1. The standard InChI is InChI=1S/C41H53N5O9S/c1-24(2)22-54-38(50)43-30-10-8-6-5-7-9-26-20-41(26,37(49)45-56(51,52)39(3)17-18-39)44-35(47)32-21-40(23-46(32)36(30)48)16-15-29-28-14-13-27(53-4)19-31(28)42-33(25-11-12-25)34(29)55-40/h7,9,13-14,19,24-26,30,32H,5-6,8,10-12,15-18,20-23H2,1-4H3,(H,43,50)(H,44,47)(H,45,49)/b9-7-/t26-,30+,32+,40-,41-/m1/s1. The fraction of sp³-hybridized carbons (Fsp3) is 0.634. The third kappa shape index (κ3) is 7.20. The number of ether oxygens (including phenoxy) is 3. The number of nitrogens with zero attached hydrogens (tertiary/aromatic N) is 2. The topological polar surface area (TPSA) is 182 Å². The average Bonchev–Trinajstić information content (AvgIpc) is 4.10. The lowest BCUT2D eigenvalue weighted by Gasteiger charge is -2.37. The number of aromatic nitrogens is 1. The average molecular weight is 792 g/mol. The zero-order valence-corrected chi connectivity index (χ0v) is 33.5. The molecule has 5 atom stereocenters. The van der Waals surface area contributed by atoms with Gasteiger partial charge in [-0.3, -0.25) is 19.1 Å². The van der Waals surface area contributed by atoms with Crippen molar-refractivity contribution in [2.24, 2.45) is 11.8 Å². The fourth-order valence-electron chi connectivity index (χ4n) is 8.55. The number of alkyl carbamates (subject to hydrolysis) is 1. The molecule has 3 N–H and O–H groups in total. The first kappa shape index (κ1) is 38.5. The predicted molar refractivity (Wildman–Crippen MR) is 206 cm³/mol. The molecule has 1 aromatic heterocycles. The fourth-order valence-corrected chi connectivity index (χ4v) is 9.86. The van der Waals surface area contributed by atoms with Gasteiger partial charge in [0.1, 0.15) is 34.7 Å². The van der Waals surface area contributed by atoms with Gasteiger partial charge in [0.05, 0.1) is 36.2 Å². The summed E-state index contributed by atoms with van der Waals surface area (Å²) in [6.07, 6.45) is 9.74. The molecule has 1 spiro atoms. The molecule has 2 aromatic rings. The monoisotopic (exact) mass is 791 g/mol.